The van der Waals surface area contributed by atoms with Gasteiger partial charge in [0.05, 0.1) is 4.92 Å². The van der Waals surface area contributed by atoms with Crippen LogP contribution in [0.3, 0.4) is 0 Å². The topological polar surface area (TPSA) is 98.3 Å². The maximum Gasteiger partial charge on any atom is 0.314 e. The molecule has 0 radical (unpaired) electrons. The Morgan fingerprint density at radius 1 is 1.53 bits per heavy atom. The van der Waals surface area contributed by atoms with Gasteiger partial charge in [0.15, 0.2) is 0 Å². The molecular formula is C10H15N3O3S. The fourth-order valence-electron chi connectivity index (χ4n) is 1.35. The summed E-state index contributed by atoms with van der Waals surface area (Å²) in [5, 5.41) is 13.7. The Morgan fingerprint density at radius 3 is 2.82 bits per heavy atom. The molecule has 0 aliphatic heterocycles. The van der Waals surface area contributed by atoms with Crippen molar-refractivity contribution in [1.29, 1.82) is 0 Å². The Morgan fingerprint density at radius 2 is 2.24 bits per heavy atom. The second-order valence-corrected chi connectivity index (χ2v) is 5.23. The predicted molar refractivity (Wildman–Crippen MR) is 69.5 cm³/mol. The molecule has 0 amide bonds. The number of benzene rings is 1. The Bertz CT molecular complexity index is 437. The molecule has 94 valence electrons. The molecule has 0 aliphatic rings. The standard InChI is InChI=1S/C10H15N3O3S/c1-2-17(16)7-6-12-9-5-3-4-8(11)10(9)13(14)15/h3-5,12H,2,6-7,11H2,1H3. The molecule has 0 saturated heterocycles. The third-order valence-electron chi connectivity index (χ3n) is 2.22. The summed E-state index contributed by atoms with van der Waals surface area (Å²) in [6.45, 7) is 2.25. The van der Waals surface area contributed by atoms with Crippen molar-refractivity contribution in [3.63, 3.8) is 0 Å². The van der Waals surface area contributed by atoms with Crippen LogP contribution < -0.4 is 11.1 Å². The smallest absolute Gasteiger partial charge is 0.314 e. The van der Waals surface area contributed by atoms with Gasteiger partial charge in [-0.3, -0.25) is 14.3 Å². The lowest BCUT2D eigenvalue weighted by Gasteiger charge is -2.07. The largest absolute Gasteiger partial charge is 0.393 e. The number of nitrogen functional groups attached to an aromatic ring is 1. The van der Waals surface area contributed by atoms with E-state index in [-0.39, 0.29) is 11.4 Å². The summed E-state index contributed by atoms with van der Waals surface area (Å²) in [5.74, 6) is 1.04. The second kappa shape index (κ2) is 6.19. The van der Waals surface area contributed by atoms with Crippen molar-refractivity contribution in [3.05, 3.63) is 28.3 Å². The number of hydrogen-bond donors (Lipinski definition) is 2. The van der Waals surface area contributed by atoms with Gasteiger partial charge in [-0.25, -0.2) is 0 Å². The lowest BCUT2D eigenvalue weighted by Crippen LogP contribution is -2.13. The van der Waals surface area contributed by atoms with Crippen molar-refractivity contribution in [2.45, 2.75) is 6.92 Å². The number of nitro benzene ring substituents is 1. The van der Waals surface area contributed by atoms with Crippen molar-refractivity contribution in [3.8, 4) is 0 Å². The summed E-state index contributed by atoms with van der Waals surface area (Å²) in [6, 6.07) is 4.71. The number of hydrogen-bond acceptors (Lipinski definition) is 5. The van der Waals surface area contributed by atoms with E-state index >= 15 is 0 Å². The molecule has 0 heterocycles. The van der Waals surface area contributed by atoms with Gasteiger partial charge in [0.1, 0.15) is 11.4 Å². The summed E-state index contributed by atoms with van der Waals surface area (Å²) in [7, 11) is -0.887. The summed E-state index contributed by atoms with van der Waals surface area (Å²) >= 11 is 0. The number of para-hydroxylation sites is 1. The second-order valence-electron chi connectivity index (χ2n) is 3.36. The normalized spacial score (nSPS) is 12.1. The first kappa shape index (κ1) is 13.4. The minimum absolute atomic E-state index is 0.122. The van der Waals surface area contributed by atoms with Crippen LogP contribution in [0.15, 0.2) is 18.2 Å². The van der Waals surface area contributed by atoms with Gasteiger partial charge in [0.25, 0.3) is 0 Å². The number of nitrogens with two attached hydrogens (primary N) is 1. The van der Waals surface area contributed by atoms with Crippen LogP contribution in [0, 0.1) is 10.1 Å². The molecule has 1 aromatic carbocycles. The van der Waals surface area contributed by atoms with E-state index in [9.17, 15) is 14.3 Å². The first-order valence-corrected chi connectivity index (χ1v) is 6.66. The van der Waals surface area contributed by atoms with Crippen LogP contribution in [0.5, 0.6) is 0 Å². The zero-order chi connectivity index (χ0) is 12.8. The highest BCUT2D eigenvalue weighted by Gasteiger charge is 2.17. The Labute approximate surface area is 102 Å². The van der Waals surface area contributed by atoms with E-state index in [0.29, 0.717) is 23.7 Å². The van der Waals surface area contributed by atoms with Gasteiger partial charge >= 0.3 is 5.69 Å². The van der Waals surface area contributed by atoms with Crippen molar-refractivity contribution in [1.82, 2.24) is 0 Å². The number of anilines is 2. The van der Waals surface area contributed by atoms with E-state index in [2.05, 4.69) is 5.32 Å². The molecule has 1 aromatic rings. The quantitative estimate of drug-likeness (QED) is 0.455. The zero-order valence-electron chi connectivity index (χ0n) is 9.51. The minimum Gasteiger partial charge on any atom is -0.393 e. The highest BCUT2D eigenvalue weighted by Crippen LogP contribution is 2.30. The average Bonchev–Trinajstić information content (AvgIpc) is 2.28. The Kier molecular flexibility index (Phi) is 4.89. The first-order chi connectivity index (χ1) is 8.06. The molecule has 7 heteroatoms. The molecule has 1 atom stereocenters. The molecule has 0 aliphatic carbocycles. The van der Waals surface area contributed by atoms with Crippen molar-refractivity contribution in [2.24, 2.45) is 0 Å². The zero-order valence-corrected chi connectivity index (χ0v) is 10.3. The summed E-state index contributed by atoms with van der Waals surface area (Å²) in [4.78, 5) is 10.3. The monoisotopic (exact) mass is 257 g/mol. The maximum atomic E-state index is 11.2. The summed E-state index contributed by atoms with van der Waals surface area (Å²) in [6.07, 6.45) is 0. The average molecular weight is 257 g/mol. The molecule has 6 nitrogen and oxygen atoms in total. The van der Waals surface area contributed by atoms with Gasteiger partial charge in [-0.15, -0.1) is 0 Å². The minimum atomic E-state index is -0.887. The lowest BCUT2D eigenvalue weighted by molar-refractivity contribution is -0.383. The van der Waals surface area contributed by atoms with Gasteiger partial charge < -0.3 is 11.1 Å². The maximum absolute atomic E-state index is 11.2. The molecule has 17 heavy (non-hydrogen) atoms. The number of nitrogens with one attached hydrogen (secondary N) is 1. The van der Waals surface area contributed by atoms with E-state index in [1.807, 2.05) is 6.92 Å². The summed E-state index contributed by atoms with van der Waals surface area (Å²) < 4.78 is 11.2. The van der Waals surface area contributed by atoms with Crippen molar-refractivity contribution in [2.75, 3.05) is 29.1 Å². The molecule has 0 aromatic heterocycles. The van der Waals surface area contributed by atoms with Crippen LogP contribution in [0.4, 0.5) is 17.1 Å². The van der Waals surface area contributed by atoms with Crippen LogP contribution in [-0.4, -0.2) is 27.2 Å². The Balaban J connectivity index is 2.74. The van der Waals surface area contributed by atoms with Crippen LogP contribution in [0.2, 0.25) is 0 Å². The Hall–Kier alpha value is -1.63. The molecule has 3 N–H and O–H groups in total. The van der Waals surface area contributed by atoms with Crippen molar-refractivity contribution < 1.29 is 9.13 Å². The fraction of sp³-hybridized carbons (Fsp3) is 0.400. The van der Waals surface area contributed by atoms with E-state index in [1.54, 1.807) is 12.1 Å². The van der Waals surface area contributed by atoms with E-state index in [0.717, 1.165) is 0 Å². The molecule has 1 unspecified atom stereocenters. The van der Waals surface area contributed by atoms with Crippen LogP contribution >= 0.6 is 0 Å². The number of rotatable bonds is 6. The SMILES string of the molecule is CCS(=O)CCNc1cccc(N)c1[N+](=O)[O-]. The lowest BCUT2D eigenvalue weighted by atomic mass is 10.2. The van der Waals surface area contributed by atoms with Gasteiger partial charge in [-0.05, 0) is 12.1 Å². The molecule has 0 bridgehead atoms. The number of nitrogens with zero attached hydrogens (tertiary/aromatic N) is 1. The first-order valence-electron chi connectivity index (χ1n) is 5.18. The highest BCUT2D eigenvalue weighted by atomic mass is 32.2. The van der Waals surface area contributed by atoms with Crippen LogP contribution in [0.25, 0.3) is 0 Å². The molecule has 0 saturated carbocycles. The highest BCUT2D eigenvalue weighted by molar-refractivity contribution is 7.84. The van der Waals surface area contributed by atoms with E-state index in [4.69, 9.17) is 5.73 Å². The van der Waals surface area contributed by atoms with E-state index in [1.165, 1.54) is 6.07 Å². The molecule has 0 fully saturated rings. The summed E-state index contributed by atoms with van der Waals surface area (Å²) in [5.41, 5.74) is 5.89. The van der Waals surface area contributed by atoms with Gasteiger partial charge in [0.2, 0.25) is 0 Å². The fourth-order valence-corrected chi connectivity index (χ4v) is 1.97. The van der Waals surface area contributed by atoms with Crippen LogP contribution in [-0.2, 0) is 10.8 Å². The third-order valence-corrected chi connectivity index (χ3v) is 3.52. The predicted octanol–water partition coefficient (Wildman–Crippen LogP) is 1.36. The van der Waals surface area contributed by atoms with Gasteiger partial charge in [-0.1, -0.05) is 13.0 Å². The molecule has 0 spiro atoms. The molecular weight excluding hydrogens is 242 g/mol. The van der Waals surface area contributed by atoms with Gasteiger partial charge in [0, 0.05) is 28.9 Å². The van der Waals surface area contributed by atoms with Crippen LogP contribution in [0.1, 0.15) is 6.92 Å². The third kappa shape index (κ3) is 3.70. The van der Waals surface area contributed by atoms with Gasteiger partial charge in [-0.2, -0.15) is 0 Å². The van der Waals surface area contributed by atoms with E-state index < -0.39 is 15.7 Å². The van der Waals surface area contributed by atoms with Crippen molar-refractivity contribution >= 4 is 27.9 Å². The molecule has 1 rings (SSSR count). The number of nitro groups is 1.